The lowest BCUT2D eigenvalue weighted by Gasteiger charge is -2.16. The molecular formula is C6H9NO2S. The number of thioether (sulfide) groups is 1. The quantitative estimate of drug-likeness (QED) is 0.552. The Morgan fingerprint density at radius 3 is 3.00 bits per heavy atom. The SMILES string of the molecule is COC(=O)C1(N)C=CSC1. The Balaban J connectivity index is 2.68. The van der Waals surface area contributed by atoms with E-state index in [1.807, 2.05) is 5.41 Å². The molecule has 1 aliphatic heterocycles. The van der Waals surface area contributed by atoms with Gasteiger partial charge >= 0.3 is 5.97 Å². The van der Waals surface area contributed by atoms with Gasteiger partial charge in [-0.15, -0.1) is 11.8 Å². The van der Waals surface area contributed by atoms with Gasteiger partial charge in [0.15, 0.2) is 0 Å². The number of ether oxygens (including phenoxy) is 1. The number of rotatable bonds is 1. The predicted octanol–water partition coefficient (Wildman–Crippen LogP) is 0.117. The highest BCUT2D eigenvalue weighted by atomic mass is 32.2. The molecule has 10 heavy (non-hydrogen) atoms. The summed E-state index contributed by atoms with van der Waals surface area (Å²) in [6, 6.07) is 0. The second-order valence-corrected chi connectivity index (χ2v) is 3.04. The molecule has 0 amide bonds. The molecule has 0 bridgehead atoms. The minimum atomic E-state index is -0.876. The molecule has 1 rings (SSSR count). The summed E-state index contributed by atoms with van der Waals surface area (Å²) in [5, 5.41) is 1.82. The Hall–Kier alpha value is -0.480. The molecule has 0 aromatic rings. The van der Waals surface area contributed by atoms with Crippen molar-refractivity contribution in [2.75, 3.05) is 12.9 Å². The highest BCUT2D eigenvalue weighted by molar-refractivity contribution is 8.02. The van der Waals surface area contributed by atoms with Crippen molar-refractivity contribution in [2.45, 2.75) is 5.54 Å². The van der Waals surface area contributed by atoms with Gasteiger partial charge in [-0.1, -0.05) is 0 Å². The fourth-order valence-corrected chi connectivity index (χ4v) is 1.65. The second-order valence-electron chi connectivity index (χ2n) is 2.15. The molecule has 2 N–H and O–H groups in total. The molecule has 4 heteroatoms. The van der Waals surface area contributed by atoms with E-state index in [2.05, 4.69) is 4.74 Å². The molecule has 0 aliphatic carbocycles. The van der Waals surface area contributed by atoms with Crippen LogP contribution in [0.2, 0.25) is 0 Å². The topological polar surface area (TPSA) is 52.3 Å². The van der Waals surface area contributed by atoms with E-state index in [1.165, 1.54) is 18.9 Å². The molecule has 3 nitrogen and oxygen atoms in total. The molecule has 0 aromatic heterocycles. The zero-order valence-electron chi connectivity index (χ0n) is 5.66. The van der Waals surface area contributed by atoms with E-state index in [-0.39, 0.29) is 5.97 Å². The summed E-state index contributed by atoms with van der Waals surface area (Å²) in [6.07, 6.45) is 1.67. The molecule has 0 radical (unpaired) electrons. The van der Waals surface area contributed by atoms with Crippen molar-refractivity contribution < 1.29 is 9.53 Å². The van der Waals surface area contributed by atoms with E-state index < -0.39 is 5.54 Å². The minimum Gasteiger partial charge on any atom is -0.467 e. The summed E-state index contributed by atoms with van der Waals surface area (Å²) in [5.41, 5.74) is 4.76. The molecule has 1 heterocycles. The molecule has 1 aliphatic rings. The largest absolute Gasteiger partial charge is 0.467 e. The number of nitrogens with two attached hydrogens (primary N) is 1. The zero-order chi connectivity index (χ0) is 7.61. The summed E-state index contributed by atoms with van der Waals surface area (Å²) in [4.78, 5) is 10.9. The molecule has 0 saturated carbocycles. The van der Waals surface area contributed by atoms with Crippen LogP contribution in [0.5, 0.6) is 0 Å². The van der Waals surface area contributed by atoms with E-state index in [1.54, 1.807) is 6.08 Å². The lowest BCUT2D eigenvalue weighted by molar-refractivity contribution is -0.144. The van der Waals surface area contributed by atoms with Gasteiger partial charge < -0.3 is 10.5 Å². The van der Waals surface area contributed by atoms with Gasteiger partial charge in [-0.3, -0.25) is 0 Å². The van der Waals surface area contributed by atoms with Crippen molar-refractivity contribution in [3.8, 4) is 0 Å². The number of carbonyl (C=O) groups excluding carboxylic acids is 1. The van der Waals surface area contributed by atoms with Gasteiger partial charge in [0.05, 0.1) is 7.11 Å². The Kier molecular flexibility index (Phi) is 2.01. The van der Waals surface area contributed by atoms with Gasteiger partial charge in [0.2, 0.25) is 0 Å². The van der Waals surface area contributed by atoms with Crippen LogP contribution in [0.1, 0.15) is 0 Å². The monoisotopic (exact) mass is 159 g/mol. The van der Waals surface area contributed by atoms with Crippen LogP contribution in [0.15, 0.2) is 11.5 Å². The molecule has 0 fully saturated rings. The molecule has 1 unspecified atom stereocenters. The lowest BCUT2D eigenvalue weighted by Crippen LogP contribution is -2.47. The third-order valence-electron chi connectivity index (χ3n) is 1.35. The number of hydrogen-bond acceptors (Lipinski definition) is 4. The van der Waals surface area contributed by atoms with Gasteiger partial charge in [0.1, 0.15) is 5.54 Å². The molecular weight excluding hydrogens is 150 g/mol. The summed E-state index contributed by atoms with van der Waals surface area (Å²) in [6.45, 7) is 0. The van der Waals surface area contributed by atoms with Crippen LogP contribution in [-0.4, -0.2) is 24.4 Å². The van der Waals surface area contributed by atoms with Crippen LogP contribution in [0.25, 0.3) is 0 Å². The highest BCUT2D eigenvalue weighted by Gasteiger charge is 2.34. The van der Waals surface area contributed by atoms with Crippen LogP contribution < -0.4 is 5.73 Å². The molecule has 56 valence electrons. The maximum absolute atomic E-state index is 10.9. The predicted molar refractivity (Wildman–Crippen MR) is 40.5 cm³/mol. The van der Waals surface area contributed by atoms with Gasteiger partial charge in [-0.05, 0) is 11.5 Å². The van der Waals surface area contributed by atoms with Crippen molar-refractivity contribution >= 4 is 17.7 Å². The van der Waals surface area contributed by atoms with Gasteiger partial charge in [0, 0.05) is 5.75 Å². The molecule has 1 atom stereocenters. The number of methoxy groups -OCH3 is 1. The van der Waals surface area contributed by atoms with Crippen LogP contribution in [0.4, 0.5) is 0 Å². The molecule has 0 aromatic carbocycles. The summed E-state index contributed by atoms with van der Waals surface area (Å²) >= 11 is 1.52. The van der Waals surface area contributed by atoms with Crippen LogP contribution in [0.3, 0.4) is 0 Å². The molecule has 0 spiro atoms. The lowest BCUT2D eigenvalue weighted by atomic mass is 10.1. The first-order valence-electron chi connectivity index (χ1n) is 2.86. The number of esters is 1. The Morgan fingerprint density at radius 1 is 1.90 bits per heavy atom. The van der Waals surface area contributed by atoms with Gasteiger partial charge in [-0.2, -0.15) is 0 Å². The fraction of sp³-hybridized carbons (Fsp3) is 0.500. The van der Waals surface area contributed by atoms with Gasteiger partial charge in [0.25, 0.3) is 0 Å². The third kappa shape index (κ3) is 1.17. The maximum Gasteiger partial charge on any atom is 0.330 e. The summed E-state index contributed by atoms with van der Waals surface area (Å²) < 4.78 is 4.51. The van der Waals surface area contributed by atoms with Gasteiger partial charge in [-0.25, -0.2) is 4.79 Å². The first kappa shape index (κ1) is 7.63. The Bertz CT molecular complexity index is 181. The number of carbonyl (C=O) groups is 1. The normalized spacial score (nSPS) is 30.6. The van der Waals surface area contributed by atoms with Crippen molar-refractivity contribution in [1.82, 2.24) is 0 Å². The first-order valence-corrected chi connectivity index (χ1v) is 3.90. The highest BCUT2D eigenvalue weighted by Crippen LogP contribution is 2.23. The van der Waals surface area contributed by atoms with Crippen LogP contribution in [0, 0.1) is 0 Å². The second kappa shape index (κ2) is 2.64. The van der Waals surface area contributed by atoms with Crippen molar-refractivity contribution in [1.29, 1.82) is 0 Å². The van der Waals surface area contributed by atoms with E-state index in [4.69, 9.17) is 5.73 Å². The van der Waals surface area contributed by atoms with E-state index in [0.717, 1.165) is 0 Å². The fourth-order valence-electron chi connectivity index (χ4n) is 0.721. The van der Waals surface area contributed by atoms with Crippen molar-refractivity contribution in [3.63, 3.8) is 0 Å². The standard InChI is InChI=1S/C6H9NO2S/c1-9-5(8)6(7)2-3-10-4-6/h2-3H,4,7H2,1H3. The Morgan fingerprint density at radius 2 is 2.60 bits per heavy atom. The van der Waals surface area contributed by atoms with E-state index >= 15 is 0 Å². The Labute approximate surface area is 63.6 Å². The minimum absolute atomic E-state index is 0.367. The van der Waals surface area contributed by atoms with E-state index in [9.17, 15) is 4.79 Å². The third-order valence-corrected chi connectivity index (χ3v) is 2.32. The smallest absolute Gasteiger partial charge is 0.330 e. The average molecular weight is 159 g/mol. The first-order chi connectivity index (χ1) is 4.69. The average Bonchev–Trinajstić information content (AvgIpc) is 2.36. The zero-order valence-corrected chi connectivity index (χ0v) is 6.48. The van der Waals surface area contributed by atoms with E-state index in [0.29, 0.717) is 5.75 Å². The van der Waals surface area contributed by atoms with Crippen molar-refractivity contribution in [3.05, 3.63) is 11.5 Å². The summed E-state index contributed by atoms with van der Waals surface area (Å²) in [5.74, 6) is 0.216. The van der Waals surface area contributed by atoms with Crippen LogP contribution >= 0.6 is 11.8 Å². The number of hydrogen-bond donors (Lipinski definition) is 1. The maximum atomic E-state index is 10.9. The molecule has 0 saturated heterocycles. The van der Waals surface area contributed by atoms with Crippen molar-refractivity contribution in [2.24, 2.45) is 5.73 Å². The van der Waals surface area contributed by atoms with Crippen LogP contribution in [-0.2, 0) is 9.53 Å². The summed E-state index contributed by atoms with van der Waals surface area (Å²) in [7, 11) is 1.34.